The largest absolute Gasteiger partial charge is 0.336 e. The van der Waals surface area contributed by atoms with E-state index in [9.17, 15) is 0 Å². The predicted molar refractivity (Wildman–Crippen MR) is 147 cm³/mol. The van der Waals surface area contributed by atoms with Gasteiger partial charge in [0, 0.05) is 48.7 Å². The number of H-pyrrole nitrogens is 2. The molecule has 6 aromatic rings. The molecular weight excluding hydrogens is 474 g/mol. The summed E-state index contributed by atoms with van der Waals surface area (Å²) in [4.78, 5) is 26.4. The van der Waals surface area contributed by atoms with Crippen LogP contribution in [0.4, 0.5) is 0 Å². The predicted octanol–water partition coefficient (Wildman–Crippen LogP) is 5.30. The SMILES string of the molecule is c1ccc(-c2nccc3[nH]c(-c4n[nH]c5ncc(-c6cncc(CNCC7CCCC7)c6)cc45)nc23)nc1. The second-order valence-electron chi connectivity index (χ2n) is 9.91. The lowest BCUT2D eigenvalue weighted by Gasteiger charge is -2.11. The van der Waals surface area contributed by atoms with E-state index in [1.165, 1.54) is 31.2 Å². The van der Waals surface area contributed by atoms with Crippen molar-refractivity contribution < 1.29 is 0 Å². The number of hydrogen-bond acceptors (Lipinski definition) is 7. The molecule has 0 unspecified atom stereocenters. The van der Waals surface area contributed by atoms with Gasteiger partial charge in [-0.05, 0) is 61.2 Å². The molecule has 6 aromatic heterocycles. The Balaban J connectivity index is 1.20. The third-order valence-electron chi connectivity index (χ3n) is 7.31. The minimum atomic E-state index is 0.651. The summed E-state index contributed by atoms with van der Waals surface area (Å²) >= 11 is 0. The molecule has 0 saturated heterocycles. The van der Waals surface area contributed by atoms with Gasteiger partial charge in [0.2, 0.25) is 0 Å². The van der Waals surface area contributed by atoms with Gasteiger partial charge in [0.05, 0.1) is 16.6 Å². The van der Waals surface area contributed by atoms with Gasteiger partial charge in [-0.2, -0.15) is 5.10 Å². The smallest absolute Gasteiger partial charge is 0.159 e. The van der Waals surface area contributed by atoms with Crippen molar-refractivity contribution >= 4 is 22.1 Å². The zero-order valence-corrected chi connectivity index (χ0v) is 20.9. The van der Waals surface area contributed by atoms with E-state index >= 15 is 0 Å². The fraction of sp³-hybridized carbons (Fsp3) is 0.241. The first-order chi connectivity index (χ1) is 18.8. The van der Waals surface area contributed by atoms with Crippen molar-refractivity contribution in [2.24, 2.45) is 5.92 Å². The quantitative estimate of drug-likeness (QED) is 0.271. The van der Waals surface area contributed by atoms with Crippen molar-refractivity contribution in [2.75, 3.05) is 6.54 Å². The molecule has 6 heterocycles. The van der Waals surface area contributed by atoms with E-state index in [2.05, 4.69) is 52.6 Å². The van der Waals surface area contributed by atoms with Crippen molar-refractivity contribution in [3.63, 3.8) is 0 Å². The summed E-state index contributed by atoms with van der Waals surface area (Å²) in [5.74, 6) is 1.46. The molecule has 0 aromatic carbocycles. The Morgan fingerprint density at radius 2 is 1.82 bits per heavy atom. The normalized spacial score (nSPS) is 14.1. The van der Waals surface area contributed by atoms with Crippen LogP contribution in [0.3, 0.4) is 0 Å². The van der Waals surface area contributed by atoms with Crippen LogP contribution in [-0.4, -0.2) is 46.6 Å². The lowest BCUT2D eigenvalue weighted by Crippen LogP contribution is -2.20. The number of imidazole rings is 1. The van der Waals surface area contributed by atoms with E-state index in [1.54, 1.807) is 12.4 Å². The summed E-state index contributed by atoms with van der Waals surface area (Å²) in [5.41, 5.74) is 7.72. The Hall–Kier alpha value is -4.50. The summed E-state index contributed by atoms with van der Waals surface area (Å²) in [5, 5.41) is 12.1. The number of aromatic amines is 2. The summed E-state index contributed by atoms with van der Waals surface area (Å²) in [7, 11) is 0. The molecule has 0 spiro atoms. The van der Waals surface area contributed by atoms with Gasteiger partial charge in [-0.25, -0.2) is 9.97 Å². The molecular formula is C29H27N9. The number of hydrogen-bond donors (Lipinski definition) is 3. The van der Waals surface area contributed by atoms with Crippen LogP contribution < -0.4 is 5.32 Å². The standard InChI is InChI=1S/C29H27N9/c1-2-6-18(5-1)13-30-14-19-11-20(16-31-15-19)21-12-22-25(37-38-28(22)34-17-21)29-35-24-8-10-33-26(27(24)36-29)23-7-3-4-9-32-23/h3-4,7-12,15-18,30H,1-2,5-6,13-14H2,(H,35,36)(H,34,37,38). The van der Waals surface area contributed by atoms with Gasteiger partial charge in [0.15, 0.2) is 11.5 Å². The summed E-state index contributed by atoms with van der Waals surface area (Å²) in [6, 6.07) is 12.0. The molecule has 1 aliphatic carbocycles. The Morgan fingerprint density at radius 3 is 2.71 bits per heavy atom. The van der Waals surface area contributed by atoms with Crippen LogP contribution in [0.2, 0.25) is 0 Å². The molecule has 1 fully saturated rings. The molecule has 38 heavy (non-hydrogen) atoms. The molecule has 0 amide bonds. The molecule has 0 radical (unpaired) electrons. The number of nitrogens with zero attached hydrogens (tertiary/aromatic N) is 6. The monoisotopic (exact) mass is 501 g/mol. The van der Waals surface area contributed by atoms with Gasteiger partial charge in [-0.1, -0.05) is 18.9 Å². The van der Waals surface area contributed by atoms with Crippen LogP contribution in [0.5, 0.6) is 0 Å². The number of nitrogens with one attached hydrogen (secondary N) is 3. The zero-order valence-electron chi connectivity index (χ0n) is 20.9. The van der Waals surface area contributed by atoms with E-state index < -0.39 is 0 Å². The molecule has 9 nitrogen and oxygen atoms in total. The van der Waals surface area contributed by atoms with Crippen molar-refractivity contribution in [2.45, 2.75) is 32.2 Å². The first-order valence-electron chi connectivity index (χ1n) is 13.1. The molecule has 9 heteroatoms. The van der Waals surface area contributed by atoms with Crippen molar-refractivity contribution in [3.05, 3.63) is 72.9 Å². The van der Waals surface area contributed by atoms with Gasteiger partial charge in [0.1, 0.15) is 16.9 Å². The maximum absolute atomic E-state index is 4.88. The molecule has 0 aliphatic heterocycles. The maximum Gasteiger partial charge on any atom is 0.159 e. The van der Waals surface area contributed by atoms with Crippen LogP contribution in [0.15, 0.2) is 67.4 Å². The van der Waals surface area contributed by atoms with Crippen LogP contribution in [0.1, 0.15) is 31.2 Å². The lowest BCUT2D eigenvalue weighted by molar-refractivity contribution is 0.489. The van der Waals surface area contributed by atoms with Crippen LogP contribution >= 0.6 is 0 Å². The van der Waals surface area contributed by atoms with Crippen LogP contribution in [-0.2, 0) is 6.54 Å². The molecule has 0 atom stereocenters. The van der Waals surface area contributed by atoms with Gasteiger partial charge in [0.25, 0.3) is 0 Å². The average molecular weight is 502 g/mol. The van der Waals surface area contributed by atoms with Gasteiger partial charge in [-0.15, -0.1) is 0 Å². The lowest BCUT2D eigenvalue weighted by atomic mass is 10.1. The van der Waals surface area contributed by atoms with Gasteiger partial charge in [-0.3, -0.25) is 20.1 Å². The van der Waals surface area contributed by atoms with Crippen LogP contribution in [0.25, 0.3) is 56.1 Å². The van der Waals surface area contributed by atoms with E-state index in [-0.39, 0.29) is 0 Å². The fourth-order valence-electron chi connectivity index (χ4n) is 5.36. The third-order valence-corrected chi connectivity index (χ3v) is 7.31. The van der Waals surface area contributed by atoms with Crippen molar-refractivity contribution in [3.8, 4) is 34.0 Å². The van der Waals surface area contributed by atoms with Crippen LogP contribution in [0, 0.1) is 5.92 Å². The van der Waals surface area contributed by atoms with Gasteiger partial charge >= 0.3 is 0 Å². The molecule has 1 aliphatic rings. The fourth-order valence-corrected chi connectivity index (χ4v) is 5.36. The molecule has 188 valence electrons. The molecule has 1 saturated carbocycles. The second kappa shape index (κ2) is 9.75. The number of rotatable bonds is 7. The molecule has 7 rings (SSSR count). The van der Waals surface area contributed by atoms with Crippen molar-refractivity contribution in [1.29, 1.82) is 0 Å². The van der Waals surface area contributed by atoms with E-state index in [0.717, 1.165) is 57.9 Å². The Morgan fingerprint density at radius 1 is 0.895 bits per heavy atom. The summed E-state index contributed by atoms with van der Waals surface area (Å²) in [6.07, 6.45) is 14.6. The highest BCUT2D eigenvalue weighted by Gasteiger charge is 2.18. The Kier molecular flexibility index (Phi) is 5.82. The van der Waals surface area contributed by atoms with Gasteiger partial charge < -0.3 is 10.3 Å². The first-order valence-corrected chi connectivity index (χ1v) is 13.1. The number of fused-ring (bicyclic) bond motifs is 2. The second-order valence-corrected chi connectivity index (χ2v) is 9.91. The molecule has 0 bridgehead atoms. The molecule has 3 N–H and O–H groups in total. The highest BCUT2D eigenvalue weighted by Crippen LogP contribution is 2.31. The first kappa shape index (κ1) is 22.7. The van der Waals surface area contributed by atoms with E-state index in [0.29, 0.717) is 17.2 Å². The summed E-state index contributed by atoms with van der Waals surface area (Å²) in [6.45, 7) is 1.89. The zero-order chi connectivity index (χ0) is 25.3. The summed E-state index contributed by atoms with van der Waals surface area (Å²) < 4.78 is 0. The third kappa shape index (κ3) is 4.31. The highest BCUT2D eigenvalue weighted by atomic mass is 15.2. The van der Waals surface area contributed by atoms with Crippen molar-refractivity contribution in [1.82, 2.24) is 45.4 Å². The number of aromatic nitrogens is 8. The van der Waals surface area contributed by atoms with E-state index in [4.69, 9.17) is 4.98 Å². The Labute approximate surface area is 219 Å². The number of pyridine rings is 4. The average Bonchev–Trinajstić information content (AvgIpc) is 3.73. The Bertz CT molecular complexity index is 1710. The maximum atomic E-state index is 4.88. The minimum Gasteiger partial charge on any atom is -0.336 e. The minimum absolute atomic E-state index is 0.651. The highest BCUT2D eigenvalue weighted by molar-refractivity contribution is 5.95. The van der Waals surface area contributed by atoms with E-state index in [1.807, 2.05) is 42.9 Å². The topological polar surface area (TPSA) is 121 Å².